The zero-order valence-electron chi connectivity index (χ0n) is 11.9. The Bertz CT molecular complexity index is 415. The molecule has 3 rings (SSSR count). The quantitative estimate of drug-likeness (QED) is 0.898. The molecule has 2 N–H and O–H groups in total. The maximum Gasteiger partial charge on any atom is 0.0237 e. The van der Waals surface area contributed by atoms with Crippen molar-refractivity contribution in [2.45, 2.75) is 44.9 Å². The monoisotopic (exact) mass is 259 g/mol. The molecule has 0 aromatic heterocycles. The van der Waals surface area contributed by atoms with Crippen molar-refractivity contribution in [1.29, 1.82) is 0 Å². The summed E-state index contributed by atoms with van der Waals surface area (Å²) in [6, 6.07) is 10.3. The van der Waals surface area contributed by atoms with Crippen LogP contribution in [0.15, 0.2) is 24.3 Å². The minimum absolute atomic E-state index is 0.636. The SMILES string of the molecule is CC1CN2CCCC2CN1Cc1ccc(CN)cc1. The van der Waals surface area contributed by atoms with Gasteiger partial charge in [-0.15, -0.1) is 0 Å². The van der Waals surface area contributed by atoms with Crippen LogP contribution in [-0.4, -0.2) is 41.5 Å². The van der Waals surface area contributed by atoms with Gasteiger partial charge in [-0.05, 0) is 37.4 Å². The van der Waals surface area contributed by atoms with E-state index in [1.165, 1.54) is 43.6 Å². The number of nitrogens with zero attached hydrogens (tertiary/aromatic N) is 2. The molecule has 2 unspecified atom stereocenters. The number of benzene rings is 1. The summed E-state index contributed by atoms with van der Waals surface area (Å²) in [5.41, 5.74) is 8.28. The van der Waals surface area contributed by atoms with E-state index in [1.54, 1.807) is 0 Å². The van der Waals surface area contributed by atoms with E-state index in [-0.39, 0.29) is 0 Å². The van der Waals surface area contributed by atoms with Crippen molar-refractivity contribution in [3.63, 3.8) is 0 Å². The molecule has 3 nitrogen and oxygen atoms in total. The minimum Gasteiger partial charge on any atom is -0.326 e. The number of rotatable bonds is 3. The van der Waals surface area contributed by atoms with Gasteiger partial charge in [-0.1, -0.05) is 24.3 Å². The van der Waals surface area contributed by atoms with Gasteiger partial charge in [-0.2, -0.15) is 0 Å². The molecule has 104 valence electrons. The molecule has 2 saturated heterocycles. The number of hydrogen-bond acceptors (Lipinski definition) is 3. The van der Waals surface area contributed by atoms with Crippen molar-refractivity contribution in [3.05, 3.63) is 35.4 Å². The molecular weight excluding hydrogens is 234 g/mol. The van der Waals surface area contributed by atoms with E-state index < -0.39 is 0 Å². The fourth-order valence-electron chi connectivity index (χ4n) is 3.48. The van der Waals surface area contributed by atoms with Gasteiger partial charge in [0.2, 0.25) is 0 Å². The molecule has 0 saturated carbocycles. The van der Waals surface area contributed by atoms with Crippen molar-refractivity contribution in [1.82, 2.24) is 9.80 Å². The van der Waals surface area contributed by atoms with E-state index in [4.69, 9.17) is 5.73 Å². The lowest BCUT2D eigenvalue weighted by Crippen LogP contribution is -2.54. The lowest BCUT2D eigenvalue weighted by atomic mass is 10.1. The lowest BCUT2D eigenvalue weighted by Gasteiger charge is -2.42. The molecular formula is C16H25N3. The molecule has 19 heavy (non-hydrogen) atoms. The van der Waals surface area contributed by atoms with Crippen LogP contribution in [0.3, 0.4) is 0 Å². The maximum atomic E-state index is 5.65. The second-order valence-corrected chi connectivity index (χ2v) is 6.09. The Morgan fingerprint density at radius 3 is 2.63 bits per heavy atom. The summed E-state index contributed by atoms with van der Waals surface area (Å²) < 4.78 is 0. The first-order chi connectivity index (χ1) is 9.26. The van der Waals surface area contributed by atoms with Gasteiger partial charge >= 0.3 is 0 Å². The van der Waals surface area contributed by atoms with E-state index in [1.807, 2.05) is 0 Å². The van der Waals surface area contributed by atoms with Gasteiger partial charge in [-0.25, -0.2) is 0 Å². The van der Waals surface area contributed by atoms with Gasteiger partial charge < -0.3 is 5.73 Å². The number of piperazine rings is 1. The maximum absolute atomic E-state index is 5.65. The zero-order valence-corrected chi connectivity index (χ0v) is 11.9. The fourth-order valence-corrected chi connectivity index (χ4v) is 3.48. The Morgan fingerprint density at radius 1 is 1.16 bits per heavy atom. The van der Waals surface area contributed by atoms with E-state index in [0.717, 1.165) is 12.6 Å². The molecule has 2 heterocycles. The third-order valence-electron chi connectivity index (χ3n) is 4.71. The molecule has 1 aromatic rings. The minimum atomic E-state index is 0.636. The predicted octanol–water partition coefficient (Wildman–Crippen LogP) is 1.81. The second kappa shape index (κ2) is 5.61. The summed E-state index contributed by atoms with van der Waals surface area (Å²) in [5, 5.41) is 0. The first-order valence-electron chi connectivity index (χ1n) is 7.52. The van der Waals surface area contributed by atoms with E-state index in [0.29, 0.717) is 12.6 Å². The summed E-state index contributed by atoms with van der Waals surface area (Å²) in [5.74, 6) is 0. The van der Waals surface area contributed by atoms with Crippen molar-refractivity contribution in [2.75, 3.05) is 19.6 Å². The smallest absolute Gasteiger partial charge is 0.0237 e. The number of hydrogen-bond donors (Lipinski definition) is 1. The van der Waals surface area contributed by atoms with Crippen molar-refractivity contribution < 1.29 is 0 Å². The molecule has 2 aliphatic heterocycles. The highest BCUT2D eigenvalue weighted by atomic mass is 15.3. The van der Waals surface area contributed by atoms with Crippen LogP contribution in [0.1, 0.15) is 30.9 Å². The van der Waals surface area contributed by atoms with Gasteiger partial charge in [0.05, 0.1) is 0 Å². The van der Waals surface area contributed by atoms with E-state index in [2.05, 4.69) is 41.0 Å². The standard InChI is InChI=1S/C16H25N3/c1-13-10-18-8-2-3-16(18)12-19(13)11-15-6-4-14(9-17)5-7-15/h4-7,13,16H,2-3,8-12,17H2,1H3. The van der Waals surface area contributed by atoms with Gasteiger partial charge in [0.15, 0.2) is 0 Å². The first kappa shape index (κ1) is 13.1. The Hall–Kier alpha value is -0.900. The highest BCUT2D eigenvalue weighted by Crippen LogP contribution is 2.25. The Morgan fingerprint density at radius 2 is 1.89 bits per heavy atom. The van der Waals surface area contributed by atoms with Gasteiger partial charge in [0, 0.05) is 38.3 Å². The summed E-state index contributed by atoms with van der Waals surface area (Å²) in [7, 11) is 0. The summed E-state index contributed by atoms with van der Waals surface area (Å²) in [6.45, 7) is 7.87. The van der Waals surface area contributed by atoms with Crippen molar-refractivity contribution >= 4 is 0 Å². The second-order valence-electron chi connectivity index (χ2n) is 6.09. The van der Waals surface area contributed by atoms with Gasteiger partial charge in [0.1, 0.15) is 0 Å². The van der Waals surface area contributed by atoms with Gasteiger partial charge in [0.25, 0.3) is 0 Å². The molecule has 0 radical (unpaired) electrons. The Balaban J connectivity index is 1.64. The summed E-state index contributed by atoms with van der Waals surface area (Å²) in [4.78, 5) is 5.32. The largest absolute Gasteiger partial charge is 0.326 e. The van der Waals surface area contributed by atoms with Crippen molar-refractivity contribution in [2.24, 2.45) is 5.73 Å². The Labute approximate surface area is 116 Å². The average molecular weight is 259 g/mol. The zero-order chi connectivity index (χ0) is 13.2. The van der Waals surface area contributed by atoms with Crippen LogP contribution in [0.5, 0.6) is 0 Å². The van der Waals surface area contributed by atoms with Crippen LogP contribution >= 0.6 is 0 Å². The molecule has 0 aliphatic carbocycles. The molecule has 0 bridgehead atoms. The van der Waals surface area contributed by atoms with Crippen molar-refractivity contribution in [3.8, 4) is 0 Å². The third-order valence-corrected chi connectivity index (χ3v) is 4.71. The fraction of sp³-hybridized carbons (Fsp3) is 0.625. The third kappa shape index (κ3) is 2.83. The molecule has 1 aromatic carbocycles. The highest BCUT2D eigenvalue weighted by Gasteiger charge is 2.34. The first-order valence-corrected chi connectivity index (χ1v) is 7.52. The van der Waals surface area contributed by atoms with Crippen LogP contribution in [0, 0.1) is 0 Å². The highest BCUT2D eigenvalue weighted by molar-refractivity contribution is 5.22. The molecule has 2 atom stereocenters. The summed E-state index contributed by atoms with van der Waals surface area (Å²) >= 11 is 0. The molecule has 0 amide bonds. The van der Waals surface area contributed by atoms with Gasteiger partial charge in [-0.3, -0.25) is 9.80 Å². The summed E-state index contributed by atoms with van der Waals surface area (Å²) in [6.07, 6.45) is 2.77. The van der Waals surface area contributed by atoms with E-state index in [9.17, 15) is 0 Å². The van der Waals surface area contributed by atoms with Crippen LogP contribution in [0.4, 0.5) is 0 Å². The molecule has 0 spiro atoms. The normalized spacial score (nSPS) is 28.5. The topological polar surface area (TPSA) is 32.5 Å². The molecule has 2 aliphatic rings. The Kier molecular flexibility index (Phi) is 3.87. The van der Waals surface area contributed by atoms with Crippen LogP contribution < -0.4 is 5.73 Å². The van der Waals surface area contributed by atoms with E-state index >= 15 is 0 Å². The number of nitrogens with two attached hydrogens (primary N) is 1. The predicted molar refractivity (Wildman–Crippen MR) is 78.8 cm³/mol. The van der Waals surface area contributed by atoms with Crippen LogP contribution in [0.25, 0.3) is 0 Å². The van der Waals surface area contributed by atoms with Crippen LogP contribution in [0.2, 0.25) is 0 Å². The molecule has 3 heteroatoms. The molecule has 2 fully saturated rings. The van der Waals surface area contributed by atoms with Crippen LogP contribution in [-0.2, 0) is 13.1 Å². The average Bonchev–Trinajstić information content (AvgIpc) is 2.87. The number of fused-ring (bicyclic) bond motifs is 1. The lowest BCUT2D eigenvalue weighted by molar-refractivity contribution is 0.0540.